The molecule has 1 aromatic carbocycles. The maximum absolute atomic E-state index is 9.22. The monoisotopic (exact) mass is 239 g/mol. The second kappa shape index (κ2) is 5.16. The molecule has 18 heavy (non-hydrogen) atoms. The largest absolute Gasteiger partial charge is 0.296 e. The zero-order valence-electron chi connectivity index (χ0n) is 10.9. The van der Waals surface area contributed by atoms with Crippen molar-refractivity contribution < 1.29 is 0 Å². The van der Waals surface area contributed by atoms with Crippen molar-refractivity contribution in [3.05, 3.63) is 41.6 Å². The molecular formula is C15H17N3. The standard InChI is InChI=1S/C15H17N3/c1-10(2)17-15(9-16)13-6-7-14-12(8-13)5-4-11(3)18-14/h4-8,10,15,17H,1-3H3. The maximum atomic E-state index is 9.22. The van der Waals surface area contributed by atoms with E-state index in [1.807, 2.05) is 51.1 Å². The number of pyridine rings is 1. The molecule has 0 fully saturated rings. The van der Waals surface area contributed by atoms with Gasteiger partial charge in [-0.05, 0) is 44.5 Å². The number of aryl methyl sites for hydroxylation is 1. The maximum Gasteiger partial charge on any atom is 0.121 e. The second-order valence-electron chi connectivity index (χ2n) is 4.79. The average Bonchev–Trinajstić information content (AvgIpc) is 2.35. The van der Waals surface area contributed by atoms with Gasteiger partial charge < -0.3 is 0 Å². The van der Waals surface area contributed by atoms with Crippen LogP contribution in [0.1, 0.15) is 31.1 Å². The minimum atomic E-state index is -0.268. The molecule has 0 amide bonds. The van der Waals surface area contributed by atoms with Crippen LogP contribution in [0.4, 0.5) is 0 Å². The average molecular weight is 239 g/mol. The highest BCUT2D eigenvalue weighted by Crippen LogP contribution is 2.19. The summed E-state index contributed by atoms with van der Waals surface area (Å²) in [5.41, 5.74) is 2.97. The summed E-state index contributed by atoms with van der Waals surface area (Å²) in [6, 6.07) is 12.3. The van der Waals surface area contributed by atoms with E-state index in [-0.39, 0.29) is 12.1 Å². The molecule has 1 heterocycles. The minimum absolute atomic E-state index is 0.268. The Balaban J connectivity index is 2.40. The number of fused-ring (bicyclic) bond motifs is 1. The van der Waals surface area contributed by atoms with Crippen molar-refractivity contribution in [1.82, 2.24) is 10.3 Å². The van der Waals surface area contributed by atoms with Gasteiger partial charge in [-0.15, -0.1) is 0 Å². The van der Waals surface area contributed by atoms with Crippen molar-refractivity contribution in [3.63, 3.8) is 0 Å². The number of aromatic nitrogens is 1. The molecule has 1 atom stereocenters. The Morgan fingerprint density at radius 3 is 2.67 bits per heavy atom. The third-order valence-electron chi connectivity index (χ3n) is 2.81. The first-order valence-electron chi connectivity index (χ1n) is 6.13. The van der Waals surface area contributed by atoms with E-state index in [9.17, 15) is 5.26 Å². The number of hydrogen-bond acceptors (Lipinski definition) is 3. The molecule has 2 rings (SSSR count). The summed E-state index contributed by atoms with van der Waals surface area (Å²) in [7, 11) is 0. The minimum Gasteiger partial charge on any atom is -0.296 e. The lowest BCUT2D eigenvalue weighted by Gasteiger charge is -2.15. The van der Waals surface area contributed by atoms with Crippen LogP contribution in [0, 0.1) is 18.3 Å². The number of nitriles is 1. The predicted octanol–water partition coefficient (Wildman–Crippen LogP) is 3.11. The molecular weight excluding hydrogens is 222 g/mol. The lowest BCUT2D eigenvalue weighted by Crippen LogP contribution is -2.27. The number of benzene rings is 1. The van der Waals surface area contributed by atoms with Crippen molar-refractivity contribution in [3.8, 4) is 6.07 Å². The second-order valence-corrected chi connectivity index (χ2v) is 4.79. The van der Waals surface area contributed by atoms with Crippen LogP contribution >= 0.6 is 0 Å². The van der Waals surface area contributed by atoms with E-state index in [1.165, 1.54) is 0 Å². The van der Waals surface area contributed by atoms with E-state index in [2.05, 4.69) is 16.4 Å². The van der Waals surface area contributed by atoms with Crippen LogP contribution in [0.25, 0.3) is 10.9 Å². The Morgan fingerprint density at radius 2 is 2.00 bits per heavy atom. The third-order valence-corrected chi connectivity index (χ3v) is 2.81. The van der Waals surface area contributed by atoms with E-state index in [1.54, 1.807) is 0 Å². The van der Waals surface area contributed by atoms with Gasteiger partial charge in [-0.1, -0.05) is 12.1 Å². The highest BCUT2D eigenvalue weighted by atomic mass is 14.9. The molecule has 0 bridgehead atoms. The van der Waals surface area contributed by atoms with Crippen molar-refractivity contribution >= 4 is 10.9 Å². The highest BCUT2D eigenvalue weighted by molar-refractivity contribution is 5.79. The van der Waals surface area contributed by atoms with Gasteiger partial charge in [-0.2, -0.15) is 5.26 Å². The summed E-state index contributed by atoms with van der Waals surface area (Å²) >= 11 is 0. The number of rotatable bonds is 3. The topological polar surface area (TPSA) is 48.7 Å². The van der Waals surface area contributed by atoms with Crippen molar-refractivity contribution in [1.29, 1.82) is 5.26 Å². The summed E-state index contributed by atoms with van der Waals surface area (Å²) in [6.45, 7) is 6.05. The molecule has 3 nitrogen and oxygen atoms in total. The molecule has 1 N–H and O–H groups in total. The van der Waals surface area contributed by atoms with Gasteiger partial charge >= 0.3 is 0 Å². The van der Waals surface area contributed by atoms with Gasteiger partial charge in [0.1, 0.15) is 6.04 Å². The van der Waals surface area contributed by atoms with E-state index < -0.39 is 0 Å². The molecule has 0 aliphatic carbocycles. The van der Waals surface area contributed by atoms with E-state index in [0.717, 1.165) is 22.2 Å². The quantitative estimate of drug-likeness (QED) is 0.895. The van der Waals surface area contributed by atoms with Crippen molar-refractivity contribution in [2.75, 3.05) is 0 Å². The summed E-state index contributed by atoms with van der Waals surface area (Å²) in [6.07, 6.45) is 0. The normalized spacial score (nSPS) is 12.6. The van der Waals surface area contributed by atoms with Crippen molar-refractivity contribution in [2.24, 2.45) is 0 Å². The van der Waals surface area contributed by atoms with Crippen LogP contribution < -0.4 is 5.32 Å². The smallest absolute Gasteiger partial charge is 0.121 e. The number of nitrogens with one attached hydrogen (secondary N) is 1. The molecule has 1 aromatic heterocycles. The molecule has 0 saturated heterocycles. The molecule has 0 aliphatic rings. The fourth-order valence-corrected chi connectivity index (χ4v) is 1.97. The van der Waals surface area contributed by atoms with Gasteiger partial charge in [0.05, 0.1) is 11.6 Å². The van der Waals surface area contributed by atoms with Gasteiger partial charge in [0.2, 0.25) is 0 Å². The summed E-state index contributed by atoms with van der Waals surface area (Å²) in [5, 5.41) is 13.5. The molecule has 0 aliphatic heterocycles. The zero-order chi connectivity index (χ0) is 13.1. The van der Waals surface area contributed by atoms with Gasteiger partial charge in [-0.3, -0.25) is 10.3 Å². The number of nitrogens with zero attached hydrogens (tertiary/aromatic N) is 2. The van der Waals surface area contributed by atoms with Gasteiger partial charge in [0.25, 0.3) is 0 Å². The fraction of sp³-hybridized carbons (Fsp3) is 0.333. The Bertz CT molecular complexity index is 596. The Hall–Kier alpha value is -1.92. The molecule has 1 unspecified atom stereocenters. The van der Waals surface area contributed by atoms with Crippen LogP contribution in [0.5, 0.6) is 0 Å². The predicted molar refractivity (Wildman–Crippen MR) is 73.1 cm³/mol. The first-order valence-corrected chi connectivity index (χ1v) is 6.13. The molecule has 92 valence electrons. The van der Waals surface area contributed by atoms with Crippen molar-refractivity contribution in [2.45, 2.75) is 32.9 Å². The van der Waals surface area contributed by atoms with Gasteiger partial charge in [-0.25, -0.2) is 0 Å². The lowest BCUT2D eigenvalue weighted by atomic mass is 10.0. The van der Waals surface area contributed by atoms with E-state index >= 15 is 0 Å². The highest BCUT2D eigenvalue weighted by Gasteiger charge is 2.11. The zero-order valence-corrected chi connectivity index (χ0v) is 10.9. The van der Waals surface area contributed by atoms with Crippen LogP contribution in [0.15, 0.2) is 30.3 Å². The Morgan fingerprint density at radius 1 is 1.22 bits per heavy atom. The molecule has 0 spiro atoms. The summed E-state index contributed by atoms with van der Waals surface area (Å²) in [4.78, 5) is 4.46. The molecule has 3 heteroatoms. The molecule has 2 aromatic rings. The van der Waals surface area contributed by atoms with Gasteiger partial charge in [0.15, 0.2) is 0 Å². The van der Waals surface area contributed by atoms with Gasteiger partial charge in [0, 0.05) is 17.1 Å². The first kappa shape index (κ1) is 12.5. The van der Waals surface area contributed by atoms with Crippen LogP contribution in [-0.4, -0.2) is 11.0 Å². The third kappa shape index (κ3) is 2.66. The number of hydrogen-bond donors (Lipinski definition) is 1. The SMILES string of the molecule is Cc1ccc2cc(C(C#N)NC(C)C)ccc2n1. The molecule has 0 saturated carbocycles. The Kier molecular flexibility index (Phi) is 3.59. The molecule has 0 radical (unpaired) electrons. The Labute approximate surface area is 107 Å². The van der Waals surface area contributed by atoms with Crippen LogP contribution in [-0.2, 0) is 0 Å². The van der Waals surface area contributed by atoms with Crippen LogP contribution in [0.2, 0.25) is 0 Å². The van der Waals surface area contributed by atoms with Crippen LogP contribution in [0.3, 0.4) is 0 Å². The lowest BCUT2D eigenvalue weighted by molar-refractivity contribution is 0.546. The fourth-order valence-electron chi connectivity index (χ4n) is 1.97. The summed E-state index contributed by atoms with van der Waals surface area (Å²) in [5.74, 6) is 0. The summed E-state index contributed by atoms with van der Waals surface area (Å²) < 4.78 is 0. The first-order chi connectivity index (χ1) is 8.60. The van der Waals surface area contributed by atoms with E-state index in [4.69, 9.17) is 0 Å². The van der Waals surface area contributed by atoms with E-state index in [0.29, 0.717) is 0 Å².